The third-order valence-corrected chi connectivity index (χ3v) is 3.58. The molecule has 1 rings (SSSR count). The average Bonchev–Trinajstić information content (AvgIpc) is 2.40. The fraction of sp³-hybridized carbons (Fsp3) is 0.800. The molecule has 5 N–H and O–H groups in total. The van der Waals surface area contributed by atoms with Crippen LogP contribution in [0.2, 0.25) is 0 Å². The molecule has 19 heavy (non-hydrogen) atoms. The van der Waals surface area contributed by atoms with Gasteiger partial charge in [-0.25, -0.2) is 4.79 Å². The number of amides is 1. The van der Waals surface area contributed by atoms with Crippen LogP contribution in [0.3, 0.4) is 0 Å². The highest BCUT2D eigenvalue weighted by Crippen LogP contribution is 2.28. The predicted octanol–water partition coefficient (Wildman–Crippen LogP) is -1.14. The molecule has 110 valence electrons. The molecular weight excluding hydrogens is 274 g/mol. The number of hydrogen-bond acceptors (Lipinski definition) is 7. The minimum absolute atomic E-state index is 0.155. The molecular formula is C10H19N3O5S. The average molecular weight is 293 g/mol. The first-order valence-electron chi connectivity index (χ1n) is 5.73. The number of hydrogen-bond donors (Lipinski definition) is 4. The van der Waals surface area contributed by atoms with E-state index in [9.17, 15) is 15.0 Å². The van der Waals surface area contributed by atoms with Gasteiger partial charge in [-0.2, -0.15) is 0 Å². The Morgan fingerprint density at radius 3 is 2.89 bits per heavy atom. The monoisotopic (exact) mass is 293 g/mol. The Kier molecular flexibility index (Phi) is 6.35. The molecule has 1 heterocycles. The summed E-state index contributed by atoms with van der Waals surface area (Å²) in [4.78, 5) is 14.7. The molecule has 1 saturated heterocycles. The number of carbonyl (C=O) groups is 1. The maximum atomic E-state index is 11.0. The van der Waals surface area contributed by atoms with Crippen molar-refractivity contribution in [2.45, 2.75) is 30.2 Å². The van der Waals surface area contributed by atoms with Crippen molar-refractivity contribution in [3.63, 3.8) is 0 Å². The second-order valence-corrected chi connectivity index (χ2v) is 5.11. The molecule has 1 amide bonds. The molecule has 9 heteroatoms. The normalized spacial score (nSPS) is 31.9. The van der Waals surface area contributed by atoms with E-state index in [4.69, 9.17) is 15.2 Å². The van der Waals surface area contributed by atoms with E-state index in [0.717, 1.165) is 11.8 Å². The summed E-state index contributed by atoms with van der Waals surface area (Å²) >= 11 is 1.15. The lowest BCUT2D eigenvalue weighted by Crippen LogP contribution is -2.50. The van der Waals surface area contributed by atoms with Crippen molar-refractivity contribution < 1.29 is 24.5 Å². The van der Waals surface area contributed by atoms with Gasteiger partial charge >= 0.3 is 6.09 Å². The fourth-order valence-electron chi connectivity index (χ4n) is 1.55. The number of thioether (sulfide) groups is 1. The molecule has 4 atom stereocenters. The van der Waals surface area contributed by atoms with Crippen molar-refractivity contribution >= 4 is 23.0 Å². The van der Waals surface area contributed by atoms with Crippen LogP contribution in [0.1, 0.15) is 6.42 Å². The van der Waals surface area contributed by atoms with Gasteiger partial charge in [-0.1, -0.05) is 11.8 Å². The van der Waals surface area contributed by atoms with E-state index in [1.54, 1.807) is 7.05 Å². The molecule has 0 spiro atoms. The molecule has 0 bridgehead atoms. The number of aliphatic imine (C=N–C) groups is 1. The predicted molar refractivity (Wildman–Crippen MR) is 70.8 cm³/mol. The summed E-state index contributed by atoms with van der Waals surface area (Å²) < 4.78 is 10.3. The van der Waals surface area contributed by atoms with E-state index < -0.39 is 29.8 Å². The first kappa shape index (κ1) is 16.0. The Hall–Kier alpha value is -1.03. The number of amidine groups is 1. The van der Waals surface area contributed by atoms with Gasteiger partial charge in [-0.05, 0) is 0 Å². The zero-order chi connectivity index (χ0) is 14.4. The van der Waals surface area contributed by atoms with Crippen molar-refractivity contribution in [1.29, 1.82) is 0 Å². The first-order chi connectivity index (χ1) is 8.97. The van der Waals surface area contributed by atoms with Crippen LogP contribution in [0.5, 0.6) is 0 Å². The molecule has 1 aliphatic heterocycles. The molecule has 0 saturated carbocycles. The third kappa shape index (κ3) is 4.86. The highest BCUT2D eigenvalue weighted by Gasteiger charge is 2.38. The van der Waals surface area contributed by atoms with Gasteiger partial charge < -0.3 is 30.7 Å². The van der Waals surface area contributed by atoms with Gasteiger partial charge in [0.15, 0.2) is 5.17 Å². The summed E-state index contributed by atoms with van der Waals surface area (Å²) in [5, 5.41) is 22.1. The summed E-state index contributed by atoms with van der Waals surface area (Å²) in [5.41, 5.74) is 5.12. The third-order valence-electron chi connectivity index (χ3n) is 2.59. The number of nitrogens with two attached hydrogens (primary N) is 1. The minimum Gasteiger partial charge on any atom is -0.447 e. The Morgan fingerprint density at radius 1 is 1.63 bits per heavy atom. The lowest BCUT2D eigenvalue weighted by molar-refractivity contribution is -0.157. The van der Waals surface area contributed by atoms with E-state index >= 15 is 0 Å². The van der Waals surface area contributed by atoms with E-state index in [0.29, 0.717) is 5.17 Å². The number of aliphatic hydroxyl groups is 2. The minimum atomic E-state index is -1.11. The fourth-order valence-corrected chi connectivity index (χ4v) is 2.41. The SMILES string of the molecule is CN=C(N)SC1CC(O)C(O)C(COC(=O)NC)O1. The number of rotatable bonds is 3. The van der Waals surface area contributed by atoms with Crippen molar-refractivity contribution in [1.82, 2.24) is 5.32 Å². The van der Waals surface area contributed by atoms with E-state index in [1.165, 1.54) is 7.05 Å². The Balaban J connectivity index is 2.55. The maximum absolute atomic E-state index is 11.0. The van der Waals surface area contributed by atoms with Gasteiger partial charge in [-0.15, -0.1) is 0 Å². The molecule has 0 aromatic heterocycles. The van der Waals surface area contributed by atoms with Crippen molar-refractivity contribution in [3.8, 4) is 0 Å². The van der Waals surface area contributed by atoms with Crippen LogP contribution in [0.4, 0.5) is 4.79 Å². The lowest BCUT2D eigenvalue weighted by atomic mass is 10.0. The van der Waals surface area contributed by atoms with Gasteiger partial charge in [0.2, 0.25) is 0 Å². The van der Waals surface area contributed by atoms with Crippen molar-refractivity contribution in [3.05, 3.63) is 0 Å². The van der Waals surface area contributed by atoms with Crippen LogP contribution >= 0.6 is 11.8 Å². The van der Waals surface area contributed by atoms with Crippen LogP contribution in [0.15, 0.2) is 4.99 Å². The summed E-state index contributed by atoms with van der Waals surface area (Å²) in [6.07, 6.45) is -3.29. The van der Waals surface area contributed by atoms with Gasteiger partial charge in [0, 0.05) is 20.5 Å². The second-order valence-electron chi connectivity index (χ2n) is 3.93. The molecule has 1 aliphatic rings. The van der Waals surface area contributed by atoms with Gasteiger partial charge in [-0.3, -0.25) is 4.99 Å². The largest absolute Gasteiger partial charge is 0.447 e. The highest BCUT2D eigenvalue weighted by atomic mass is 32.2. The van der Waals surface area contributed by atoms with Crippen LogP contribution in [0.25, 0.3) is 0 Å². The number of ether oxygens (including phenoxy) is 2. The molecule has 8 nitrogen and oxygen atoms in total. The van der Waals surface area contributed by atoms with Crippen LogP contribution < -0.4 is 11.1 Å². The summed E-state index contributed by atoms with van der Waals surface area (Å²) in [6.45, 7) is -0.155. The van der Waals surface area contributed by atoms with Gasteiger partial charge in [0.1, 0.15) is 24.3 Å². The van der Waals surface area contributed by atoms with E-state index in [2.05, 4.69) is 10.3 Å². The number of carbonyl (C=O) groups excluding carboxylic acids is 1. The first-order valence-corrected chi connectivity index (χ1v) is 6.61. The Labute approximate surface area is 115 Å². The van der Waals surface area contributed by atoms with Gasteiger partial charge in [0.25, 0.3) is 0 Å². The Bertz CT molecular complexity index is 341. The number of nitrogens with one attached hydrogen (secondary N) is 1. The summed E-state index contributed by atoms with van der Waals surface area (Å²) in [6, 6.07) is 0. The van der Waals surface area contributed by atoms with Crippen LogP contribution in [-0.4, -0.2) is 65.9 Å². The topological polar surface area (TPSA) is 126 Å². The number of aliphatic hydroxyl groups excluding tert-OH is 2. The molecule has 4 unspecified atom stereocenters. The molecule has 0 aromatic rings. The summed E-state index contributed by atoms with van der Waals surface area (Å²) in [5.74, 6) is 0. The van der Waals surface area contributed by atoms with Crippen molar-refractivity contribution in [2.75, 3.05) is 20.7 Å². The second kappa shape index (κ2) is 7.53. The van der Waals surface area contributed by atoms with E-state index in [-0.39, 0.29) is 13.0 Å². The molecule has 1 fully saturated rings. The lowest BCUT2D eigenvalue weighted by Gasteiger charge is -2.36. The van der Waals surface area contributed by atoms with E-state index in [1.807, 2.05) is 0 Å². The number of nitrogens with zero attached hydrogens (tertiary/aromatic N) is 1. The standard InChI is InChI=1S/C10H19N3O5S/c1-12-9(11)19-7-3-5(14)8(15)6(18-7)4-17-10(16)13-2/h5-8,14-15H,3-4H2,1-2H3,(H2,11,12)(H,13,16). The molecule has 0 radical (unpaired) electrons. The zero-order valence-electron chi connectivity index (χ0n) is 10.8. The highest BCUT2D eigenvalue weighted by molar-refractivity contribution is 8.14. The van der Waals surface area contributed by atoms with Crippen LogP contribution in [0, 0.1) is 0 Å². The van der Waals surface area contributed by atoms with Crippen molar-refractivity contribution in [2.24, 2.45) is 10.7 Å². The number of alkyl carbamates (subject to hydrolysis) is 1. The van der Waals surface area contributed by atoms with Gasteiger partial charge in [0.05, 0.1) is 6.10 Å². The maximum Gasteiger partial charge on any atom is 0.406 e. The smallest absolute Gasteiger partial charge is 0.406 e. The molecule has 0 aliphatic carbocycles. The molecule has 0 aromatic carbocycles. The van der Waals surface area contributed by atoms with Crippen LogP contribution in [-0.2, 0) is 9.47 Å². The Morgan fingerprint density at radius 2 is 2.32 bits per heavy atom. The summed E-state index contributed by atoms with van der Waals surface area (Å²) in [7, 11) is 2.97. The zero-order valence-corrected chi connectivity index (χ0v) is 11.6. The quantitative estimate of drug-likeness (QED) is 0.382.